The molecule has 3 heterocycles. The summed E-state index contributed by atoms with van der Waals surface area (Å²) >= 11 is 2.19. The van der Waals surface area contributed by atoms with E-state index in [0.717, 1.165) is 44.7 Å². The van der Waals surface area contributed by atoms with Crippen molar-refractivity contribution in [3.8, 4) is 0 Å². The normalized spacial score (nSPS) is 17.4. The number of aromatic nitrogens is 1. The SMILES string of the molecule is O=C(NCC(F)(F)F)OCC1=C(C(=O)O)N2C(=O)[C@@H](NC(=O)/C(=N\O)c3csc(NC(c4ccccc4)(c4ccccc4)c4ccccc4)n3)[C@H]2SC1. The Balaban J connectivity index is 1.19. The van der Waals surface area contributed by atoms with Crippen LogP contribution in [0.2, 0.25) is 0 Å². The van der Waals surface area contributed by atoms with E-state index in [0.29, 0.717) is 5.13 Å². The standard InChI is InChI=1S/C35H29F3N6O7S2/c36-34(37,38)19-39-33(49)51-16-20-17-52-30-26(29(46)44(30)27(20)31(47)48)41-28(45)25(43-50)24-18-53-32(40-24)42-35(21-10-4-1-5-11-21,22-12-6-2-7-13-22)23-14-8-3-9-15-23/h1-15,18,26,30,50H,16-17,19H2,(H,39,49)(H,40,42)(H,41,45)(H,47,48)/b43-25-/t26-,30-/m1/s1. The first-order valence-electron chi connectivity index (χ1n) is 15.7. The molecule has 0 saturated carbocycles. The molecule has 18 heteroatoms. The largest absolute Gasteiger partial charge is 0.477 e. The molecule has 1 fully saturated rings. The van der Waals surface area contributed by atoms with Crippen molar-refractivity contribution in [1.82, 2.24) is 20.5 Å². The molecule has 274 valence electrons. The Bertz CT molecular complexity index is 1970. The number of benzene rings is 3. The molecule has 1 saturated heterocycles. The number of carboxylic acid groups (broad SMARTS) is 1. The molecular weight excluding hydrogens is 738 g/mol. The Morgan fingerprint density at radius 1 is 0.943 bits per heavy atom. The third-order valence-corrected chi connectivity index (χ3v) is 10.4. The van der Waals surface area contributed by atoms with Crippen molar-refractivity contribution < 1.29 is 47.4 Å². The molecule has 0 radical (unpaired) electrons. The maximum Gasteiger partial charge on any atom is 0.407 e. The molecule has 0 aliphatic carbocycles. The third kappa shape index (κ3) is 7.68. The van der Waals surface area contributed by atoms with Crippen molar-refractivity contribution in [3.05, 3.63) is 130 Å². The Hall–Kier alpha value is -5.88. The van der Waals surface area contributed by atoms with E-state index in [-0.39, 0.29) is 17.0 Å². The van der Waals surface area contributed by atoms with Crippen LogP contribution in [0.4, 0.5) is 23.1 Å². The lowest BCUT2D eigenvalue weighted by atomic mass is 9.77. The van der Waals surface area contributed by atoms with Crippen LogP contribution in [0.3, 0.4) is 0 Å². The van der Waals surface area contributed by atoms with Crippen LogP contribution >= 0.6 is 23.1 Å². The van der Waals surface area contributed by atoms with Gasteiger partial charge in [0.05, 0.1) is 0 Å². The highest BCUT2D eigenvalue weighted by atomic mass is 32.2. The van der Waals surface area contributed by atoms with Crippen molar-refractivity contribution in [2.24, 2.45) is 5.16 Å². The molecule has 0 unspecified atom stereocenters. The molecule has 13 nitrogen and oxygen atoms in total. The second-order valence-electron chi connectivity index (χ2n) is 11.6. The van der Waals surface area contributed by atoms with Crippen molar-refractivity contribution in [2.45, 2.75) is 23.1 Å². The fraction of sp³-hybridized carbons (Fsp3) is 0.200. The highest BCUT2D eigenvalue weighted by Gasteiger charge is 2.54. The molecule has 3 amide bonds. The second-order valence-corrected chi connectivity index (χ2v) is 13.6. The number of aliphatic carboxylic acids is 1. The first-order chi connectivity index (χ1) is 25.4. The summed E-state index contributed by atoms with van der Waals surface area (Å²) in [5.74, 6) is -3.40. The van der Waals surface area contributed by atoms with Gasteiger partial charge in [0, 0.05) is 16.7 Å². The highest BCUT2D eigenvalue weighted by Crippen LogP contribution is 2.42. The topological polar surface area (TPSA) is 183 Å². The van der Waals surface area contributed by atoms with Gasteiger partial charge in [0.15, 0.2) is 10.8 Å². The van der Waals surface area contributed by atoms with E-state index in [1.165, 1.54) is 10.7 Å². The first kappa shape index (κ1) is 36.9. The Morgan fingerprint density at radius 3 is 2.02 bits per heavy atom. The molecule has 2 aliphatic heterocycles. The van der Waals surface area contributed by atoms with E-state index in [2.05, 4.69) is 20.8 Å². The van der Waals surface area contributed by atoms with Crippen LogP contribution in [-0.2, 0) is 24.7 Å². The lowest BCUT2D eigenvalue weighted by Gasteiger charge is -2.49. The Labute approximate surface area is 307 Å². The van der Waals surface area contributed by atoms with Gasteiger partial charge in [-0.2, -0.15) is 13.2 Å². The zero-order chi connectivity index (χ0) is 37.8. The summed E-state index contributed by atoms with van der Waals surface area (Å²) in [6, 6.07) is 27.9. The van der Waals surface area contributed by atoms with Crippen LogP contribution in [0.15, 0.2) is 113 Å². The van der Waals surface area contributed by atoms with E-state index < -0.39 is 71.6 Å². The van der Waals surface area contributed by atoms with Gasteiger partial charge in [-0.15, -0.1) is 23.1 Å². The lowest BCUT2D eigenvalue weighted by molar-refractivity contribution is -0.150. The van der Waals surface area contributed by atoms with Crippen molar-refractivity contribution in [2.75, 3.05) is 24.2 Å². The molecule has 4 aromatic rings. The molecule has 53 heavy (non-hydrogen) atoms. The van der Waals surface area contributed by atoms with E-state index in [9.17, 15) is 42.7 Å². The van der Waals surface area contributed by atoms with Gasteiger partial charge in [-0.25, -0.2) is 14.6 Å². The smallest absolute Gasteiger partial charge is 0.407 e. The molecule has 2 aliphatic rings. The van der Waals surface area contributed by atoms with Gasteiger partial charge in [-0.1, -0.05) is 96.2 Å². The van der Waals surface area contributed by atoms with Crippen LogP contribution < -0.4 is 16.0 Å². The van der Waals surface area contributed by atoms with E-state index in [1.807, 2.05) is 91.0 Å². The molecule has 0 bridgehead atoms. The minimum Gasteiger partial charge on any atom is -0.477 e. The van der Waals surface area contributed by atoms with Gasteiger partial charge < -0.3 is 31.0 Å². The summed E-state index contributed by atoms with van der Waals surface area (Å²) in [6.07, 6.45) is -6.10. The number of thioether (sulfide) groups is 1. The molecule has 0 spiro atoms. The number of halogens is 3. The van der Waals surface area contributed by atoms with Gasteiger partial charge in [0.1, 0.15) is 41.5 Å². The zero-order valence-corrected chi connectivity index (χ0v) is 28.9. The number of oxime groups is 1. The van der Waals surface area contributed by atoms with Crippen LogP contribution in [0.5, 0.6) is 0 Å². The highest BCUT2D eigenvalue weighted by molar-refractivity contribution is 8.00. The van der Waals surface area contributed by atoms with Crippen LogP contribution in [0.25, 0.3) is 0 Å². The van der Waals surface area contributed by atoms with E-state index in [4.69, 9.17) is 4.74 Å². The Kier molecular flexibility index (Phi) is 10.7. The quantitative estimate of drug-likeness (QED) is 0.0444. The van der Waals surface area contributed by atoms with Crippen molar-refractivity contribution >= 4 is 57.8 Å². The van der Waals surface area contributed by atoms with Gasteiger partial charge in [0.25, 0.3) is 11.8 Å². The van der Waals surface area contributed by atoms with Gasteiger partial charge in [-0.05, 0) is 16.7 Å². The molecule has 5 N–H and O–H groups in total. The number of hydrogen-bond acceptors (Lipinski definition) is 11. The fourth-order valence-corrected chi connectivity index (χ4v) is 8.05. The molecule has 6 rings (SSSR count). The predicted molar refractivity (Wildman–Crippen MR) is 188 cm³/mol. The number of nitrogens with one attached hydrogen (secondary N) is 3. The first-order valence-corrected chi connectivity index (χ1v) is 17.7. The summed E-state index contributed by atoms with van der Waals surface area (Å²) in [6.45, 7) is -2.33. The number of carbonyl (C=O) groups excluding carboxylic acids is 3. The number of rotatable bonds is 12. The number of nitrogens with zero attached hydrogens (tertiary/aromatic N) is 3. The molecule has 2 atom stereocenters. The number of β-lactam (4-membered cyclic amide) rings is 1. The summed E-state index contributed by atoms with van der Waals surface area (Å²) in [5.41, 5.74) is 0.702. The average molecular weight is 767 g/mol. The number of alkyl carbamates (subject to hydrolysis) is 1. The minimum absolute atomic E-state index is 0.00475. The second kappa shape index (κ2) is 15.4. The van der Waals surface area contributed by atoms with Gasteiger partial charge in [-0.3, -0.25) is 14.5 Å². The third-order valence-electron chi connectivity index (χ3n) is 8.32. The number of carboxylic acids is 1. The van der Waals surface area contributed by atoms with Crippen molar-refractivity contribution in [1.29, 1.82) is 0 Å². The van der Waals surface area contributed by atoms with Gasteiger partial charge in [0.2, 0.25) is 0 Å². The van der Waals surface area contributed by atoms with Crippen LogP contribution in [0, 0.1) is 0 Å². The van der Waals surface area contributed by atoms with Gasteiger partial charge >= 0.3 is 18.2 Å². The van der Waals surface area contributed by atoms with Crippen molar-refractivity contribution in [3.63, 3.8) is 0 Å². The minimum atomic E-state index is -4.68. The average Bonchev–Trinajstić information content (AvgIpc) is 3.62. The summed E-state index contributed by atoms with van der Waals surface area (Å²) < 4.78 is 41.9. The number of amides is 3. The van der Waals surface area contributed by atoms with Crippen LogP contribution in [-0.4, -0.2) is 86.3 Å². The maximum absolute atomic E-state index is 13.4. The van der Waals surface area contributed by atoms with Crippen LogP contribution in [0.1, 0.15) is 22.4 Å². The van der Waals surface area contributed by atoms with E-state index >= 15 is 0 Å². The number of anilines is 1. The summed E-state index contributed by atoms with van der Waals surface area (Å²) in [7, 11) is 0. The lowest BCUT2D eigenvalue weighted by Crippen LogP contribution is -2.71. The number of thiazole rings is 1. The van der Waals surface area contributed by atoms with E-state index in [1.54, 1.807) is 0 Å². The number of alkyl halides is 3. The summed E-state index contributed by atoms with van der Waals surface area (Å²) in [5, 5.41) is 31.5. The maximum atomic E-state index is 13.4. The Morgan fingerprint density at radius 2 is 1.51 bits per heavy atom. The number of fused-ring (bicyclic) bond motifs is 1. The fourth-order valence-electron chi connectivity index (χ4n) is 5.97. The molecular formula is C35H29F3N6O7S2. The number of carbonyl (C=O) groups is 4. The predicted octanol–water partition coefficient (Wildman–Crippen LogP) is 4.75. The molecule has 3 aromatic carbocycles. The zero-order valence-electron chi connectivity index (χ0n) is 27.2. The molecule has 1 aromatic heterocycles. The monoisotopic (exact) mass is 766 g/mol. The number of ether oxygens (including phenoxy) is 1. The summed E-state index contributed by atoms with van der Waals surface area (Å²) in [4.78, 5) is 55.9. The number of hydrogen-bond donors (Lipinski definition) is 5.